The first kappa shape index (κ1) is 19.5. The molecule has 2 aromatic rings. The Morgan fingerprint density at radius 2 is 1.89 bits per heavy atom. The summed E-state index contributed by atoms with van der Waals surface area (Å²) in [5, 5.41) is 6.69. The predicted molar refractivity (Wildman–Crippen MR) is 119 cm³/mol. The summed E-state index contributed by atoms with van der Waals surface area (Å²) in [5.74, 6) is 1.57. The average molecular weight is 417 g/mol. The highest BCUT2D eigenvalue weighted by atomic mass is 32.1. The normalized spacial score (nSPS) is 19.8. The third kappa shape index (κ3) is 3.85. The topological polar surface area (TPSA) is 33.7 Å². The first-order chi connectivity index (χ1) is 13.7. The Morgan fingerprint density at radius 3 is 2.57 bits per heavy atom. The standard InChI is InChI=1S/C22H28N2O2S2/c1-25-18-13-15-10-11-24(22(27)23-16-7-4-3-5-8-16)21(20-9-6-12-28-20)17(15)14-19(18)26-2/h6,9,12-14,16,21H,3-5,7-8,10-11H2,1-2H3,(H,23,27)/t21-/m1/s1. The van der Waals surface area contributed by atoms with Crippen LogP contribution in [0.1, 0.15) is 54.1 Å². The monoisotopic (exact) mass is 416 g/mol. The van der Waals surface area contributed by atoms with Gasteiger partial charge in [0.2, 0.25) is 0 Å². The van der Waals surface area contributed by atoms with Crippen molar-refractivity contribution in [3.63, 3.8) is 0 Å². The van der Waals surface area contributed by atoms with Gasteiger partial charge in [-0.1, -0.05) is 25.3 Å². The van der Waals surface area contributed by atoms with Crippen molar-refractivity contribution in [3.8, 4) is 11.5 Å². The van der Waals surface area contributed by atoms with E-state index in [0.717, 1.165) is 29.6 Å². The molecular weight excluding hydrogens is 388 g/mol. The fourth-order valence-electron chi connectivity index (χ4n) is 4.42. The summed E-state index contributed by atoms with van der Waals surface area (Å²) >= 11 is 7.69. The largest absolute Gasteiger partial charge is 0.493 e. The van der Waals surface area contributed by atoms with Gasteiger partial charge < -0.3 is 19.7 Å². The number of rotatable bonds is 4. The number of nitrogens with one attached hydrogen (secondary N) is 1. The molecule has 1 atom stereocenters. The molecule has 0 bridgehead atoms. The summed E-state index contributed by atoms with van der Waals surface area (Å²) in [6.07, 6.45) is 7.34. The van der Waals surface area contributed by atoms with Crippen LogP contribution in [0.25, 0.3) is 0 Å². The van der Waals surface area contributed by atoms with Crippen molar-refractivity contribution in [2.45, 2.75) is 50.6 Å². The molecule has 1 N–H and O–H groups in total. The van der Waals surface area contributed by atoms with Crippen molar-refractivity contribution in [3.05, 3.63) is 45.6 Å². The first-order valence-electron chi connectivity index (χ1n) is 10.1. The van der Waals surface area contributed by atoms with Crippen molar-refractivity contribution in [2.24, 2.45) is 0 Å². The van der Waals surface area contributed by atoms with Crippen LogP contribution in [0.2, 0.25) is 0 Å². The highest BCUT2D eigenvalue weighted by Crippen LogP contribution is 2.42. The molecule has 0 radical (unpaired) electrons. The lowest BCUT2D eigenvalue weighted by Gasteiger charge is -2.40. The lowest BCUT2D eigenvalue weighted by atomic mass is 9.91. The number of thiophene rings is 1. The van der Waals surface area contributed by atoms with Gasteiger partial charge in [-0.05, 0) is 66.2 Å². The molecule has 150 valence electrons. The van der Waals surface area contributed by atoms with Crippen LogP contribution in [-0.4, -0.2) is 36.8 Å². The Morgan fingerprint density at radius 1 is 1.14 bits per heavy atom. The Hall–Kier alpha value is -1.79. The lowest BCUT2D eigenvalue weighted by Crippen LogP contribution is -2.49. The van der Waals surface area contributed by atoms with Gasteiger partial charge >= 0.3 is 0 Å². The van der Waals surface area contributed by atoms with E-state index < -0.39 is 0 Å². The molecular formula is C22H28N2O2S2. The molecule has 0 unspecified atom stereocenters. The van der Waals surface area contributed by atoms with Crippen LogP contribution < -0.4 is 14.8 Å². The maximum atomic E-state index is 5.91. The van der Waals surface area contributed by atoms with Gasteiger partial charge in [0.1, 0.15) is 0 Å². The third-order valence-corrected chi connectivity index (χ3v) is 7.16. The molecule has 2 heterocycles. The maximum Gasteiger partial charge on any atom is 0.169 e. The molecule has 4 nitrogen and oxygen atoms in total. The number of nitrogens with zero attached hydrogens (tertiary/aromatic N) is 1. The Labute approximate surface area is 176 Å². The second-order valence-electron chi connectivity index (χ2n) is 7.55. The fraction of sp³-hybridized carbons (Fsp3) is 0.500. The molecule has 1 aromatic heterocycles. The van der Waals surface area contributed by atoms with Crippen LogP contribution in [0, 0.1) is 0 Å². The molecule has 4 rings (SSSR count). The van der Waals surface area contributed by atoms with Crippen LogP contribution in [0.4, 0.5) is 0 Å². The number of thiocarbonyl (C=S) groups is 1. The van der Waals surface area contributed by atoms with Crippen LogP contribution in [0.15, 0.2) is 29.6 Å². The van der Waals surface area contributed by atoms with Gasteiger partial charge in [0.15, 0.2) is 16.6 Å². The third-order valence-electron chi connectivity index (χ3n) is 5.88. The van der Waals surface area contributed by atoms with Gasteiger partial charge in [-0.15, -0.1) is 11.3 Å². The molecule has 1 aliphatic carbocycles. The molecule has 1 aromatic carbocycles. The van der Waals surface area contributed by atoms with Crippen LogP contribution in [0.5, 0.6) is 11.5 Å². The molecule has 6 heteroatoms. The second-order valence-corrected chi connectivity index (χ2v) is 8.92. The van der Waals surface area contributed by atoms with Gasteiger partial charge in [-0.25, -0.2) is 0 Å². The molecule has 28 heavy (non-hydrogen) atoms. The highest BCUT2D eigenvalue weighted by Gasteiger charge is 2.33. The number of methoxy groups -OCH3 is 2. The molecule has 2 aliphatic rings. The first-order valence-corrected chi connectivity index (χ1v) is 11.4. The Bertz CT molecular complexity index is 816. The van der Waals surface area contributed by atoms with E-state index in [0.29, 0.717) is 6.04 Å². The predicted octanol–water partition coefficient (Wildman–Crippen LogP) is 4.92. The lowest BCUT2D eigenvalue weighted by molar-refractivity contribution is 0.316. The van der Waals surface area contributed by atoms with E-state index in [1.54, 1.807) is 25.6 Å². The van der Waals surface area contributed by atoms with E-state index in [4.69, 9.17) is 21.7 Å². The Balaban J connectivity index is 1.67. The van der Waals surface area contributed by atoms with E-state index in [1.165, 1.54) is 48.1 Å². The van der Waals surface area contributed by atoms with Crippen LogP contribution >= 0.6 is 23.6 Å². The fourth-order valence-corrected chi connectivity index (χ4v) is 5.64. The number of hydrogen-bond donors (Lipinski definition) is 1. The zero-order chi connectivity index (χ0) is 19.5. The molecule has 1 fully saturated rings. The molecule has 0 amide bonds. The highest BCUT2D eigenvalue weighted by molar-refractivity contribution is 7.80. The number of ether oxygens (including phenoxy) is 2. The van der Waals surface area contributed by atoms with Gasteiger partial charge in [0.05, 0.1) is 20.3 Å². The molecule has 1 aliphatic heterocycles. The van der Waals surface area contributed by atoms with E-state index in [1.807, 2.05) is 0 Å². The minimum absolute atomic E-state index is 0.118. The molecule has 0 saturated heterocycles. The second kappa shape index (κ2) is 8.70. The van der Waals surface area contributed by atoms with Gasteiger partial charge in [-0.3, -0.25) is 0 Å². The summed E-state index contributed by atoms with van der Waals surface area (Å²) < 4.78 is 11.1. The van der Waals surface area contributed by atoms with E-state index in [9.17, 15) is 0 Å². The number of hydrogen-bond acceptors (Lipinski definition) is 4. The maximum absolute atomic E-state index is 5.91. The van der Waals surface area contributed by atoms with Crippen molar-refractivity contribution in [1.29, 1.82) is 0 Å². The smallest absolute Gasteiger partial charge is 0.169 e. The average Bonchev–Trinajstić information content (AvgIpc) is 3.26. The van der Waals surface area contributed by atoms with Crippen LogP contribution in [-0.2, 0) is 6.42 Å². The Kier molecular flexibility index (Phi) is 6.07. The molecule has 0 spiro atoms. The summed E-state index contributed by atoms with van der Waals surface area (Å²) in [5.41, 5.74) is 2.58. The van der Waals surface area contributed by atoms with E-state index in [-0.39, 0.29) is 6.04 Å². The van der Waals surface area contributed by atoms with E-state index >= 15 is 0 Å². The van der Waals surface area contributed by atoms with Gasteiger partial charge in [0.25, 0.3) is 0 Å². The minimum atomic E-state index is 0.118. The molecule has 1 saturated carbocycles. The van der Waals surface area contributed by atoms with Crippen molar-refractivity contribution in [1.82, 2.24) is 10.2 Å². The van der Waals surface area contributed by atoms with Gasteiger partial charge in [-0.2, -0.15) is 0 Å². The van der Waals surface area contributed by atoms with Crippen molar-refractivity contribution < 1.29 is 9.47 Å². The van der Waals surface area contributed by atoms with Crippen LogP contribution in [0.3, 0.4) is 0 Å². The summed E-state index contributed by atoms with van der Waals surface area (Å²) in [7, 11) is 3.39. The summed E-state index contributed by atoms with van der Waals surface area (Å²) in [6.45, 7) is 0.906. The van der Waals surface area contributed by atoms with Gasteiger partial charge in [0, 0.05) is 17.5 Å². The zero-order valence-corrected chi connectivity index (χ0v) is 18.2. The van der Waals surface area contributed by atoms with Crippen molar-refractivity contribution in [2.75, 3.05) is 20.8 Å². The van der Waals surface area contributed by atoms with Crippen molar-refractivity contribution >= 4 is 28.7 Å². The zero-order valence-electron chi connectivity index (χ0n) is 16.6. The minimum Gasteiger partial charge on any atom is -0.493 e. The summed E-state index contributed by atoms with van der Waals surface area (Å²) in [4.78, 5) is 3.67. The SMILES string of the molecule is COc1cc2c(cc1OC)[C@H](c1cccs1)N(C(=S)NC1CCCCC1)CC2. The number of fused-ring (bicyclic) bond motifs is 1. The summed E-state index contributed by atoms with van der Waals surface area (Å²) in [6, 6.07) is 9.21. The van der Waals surface area contributed by atoms with E-state index in [2.05, 4.69) is 39.9 Å². The number of benzene rings is 1. The quantitative estimate of drug-likeness (QED) is 0.716.